The minimum atomic E-state index is -0.906. The Morgan fingerprint density at radius 2 is 1.69 bits per heavy atom. The van der Waals surface area contributed by atoms with Gasteiger partial charge in [-0.25, -0.2) is 13.9 Å². The van der Waals surface area contributed by atoms with E-state index in [0.29, 0.717) is 79.0 Å². The van der Waals surface area contributed by atoms with Gasteiger partial charge in [-0.05, 0) is 48.5 Å². The molecule has 4 N–H and O–H groups in total. The van der Waals surface area contributed by atoms with Crippen LogP contribution in [0, 0.1) is 5.82 Å². The smallest absolute Gasteiger partial charge is 0.338 e. The van der Waals surface area contributed by atoms with E-state index in [2.05, 4.69) is 25.9 Å². The molecule has 1 aliphatic heterocycles. The summed E-state index contributed by atoms with van der Waals surface area (Å²) in [5.74, 6) is -1.58. The number of nitrogens with zero attached hydrogens (tertiary/aromatic N) is 5. The highest BCUT2D eigenvalue weighted by Gasteiger charge is 2.33. The number of nitrogens with one attached hydrogen (secondary N) is 2. The largest absolute Gasteiger partial charge is 0.466 e. The second-order valence-electron chi connectivity index (χ2n) is 11.2. The molecule has 1 unspecified atom stereocenters. The lowest BCUT2D eigenvalue weighted by molar-refractivity contribution is -0.136. The van der Waals surface area contributed by atoms with Crippen LogP contribution in [0.1, 0.15) is 43.6 Å². The normalized spacial score (nSPS) is 14.1. The van der Waals surface area contributed by atoms with Crippen LogP contribution in [0.3, 0.4) is 0 Å². The van der Waals surface area contributed by atoms with Crippen molar-refractivity contribution in [3.05, 3.63) is 123 Å². The van der Waals surface area contributed by atoms with Crippen molar-refractivity contribution < 1.29 is 37.7 Å². The molecule has 0 spiro atoms. The molecule has 1 atom stereocenters. The third-order valence-corrected chi connectivity index (χ3v) is 7.95. The average molecular weight is 735 g/mol. The summed E-state index contributed by atoms with van der Waals surface area (Å²) >= 11 is 6.42. The number of rotatable bonds is 18. The molecular formula is C35H36ClFN8O7. The van der Waals surface area contributed by atoms with E-state index in [1.54, 1.807) is 35.4 Å². The summed E-state index contributed by atoms with van der Waals surface area (Å²) in [7, 11) is 1.26. The SMILES string of the molecule is COC(=O)C1=C(COCc2cn(CCOCCOCCNC(=O)c3ccc(C(N)=O)cc3)nn2)NC(c2ccncc2)=NC1c1ccc(F)cc1Cl. The van der Waals surface area contributed by atoms with Gasteiger partial charge in [-0.3, -0.25) is 19.6 Å². The molecule has 272 valence electrons. The number of primary amides is 1. The van der Waals surface area contributed by atoms with Gasteiger partial charge in [-0.2, -0.15) is 0 Å². The summed E-state index contributed by atoms with van der Waals surface area (Å²) < 4.78 is 37.7. The minimum Gasteiger partial charge on any atom is -0.466 e. The Morgan fingerprint density at radius 3 is 2.40 bits per heavy atom. The molecule has 2 aromatic heterocycles. The van der Waals surface area contributed by atoms with Crippen LogP contribution < -0.4 is 16.4 Å². The zero-order valence-electron chi connectivity index (χ0n) is 28.1. The van der Waals surface area contributed by atoms with Crippen LogP contribution >= 0.6 is 11.6 Å². The van der Waals surface area contributed by atoms with Crippen LogP contribution in [0.4, 0.5) is 4.39 Å². The predicted molar refractivity (Wildman–Crippen MR) is 186 cm³/mol. The van der Waals surface area contributed by atoms with Gasteiger partial charge >= 0.3 is 5.97 Å². The number of hydrogen-bond donors (Lipinski definition) is 3. The maximum Gasteiger partial charge on any atom is 0.338 e. The first-order valence-corrected chi connectivity index (χ1v) is 16.4. The van der Waals surface area contributed by atoms with Crippen LogP contribution in [0.25, 0.3) is 0 Å². The number of amides is 2. The Hall–Kier alpha value is -5.55. The molecule has 2 amide bonds. The number of hydrogen-bond acceptors (Lipinski definition) is 12. The van der Waals surface area contributed by atoms with Crippen molar-refractivity contribution in [2.24, 2.45) is 10.7 Å². The number of halogens is 2. The molecular weight excluding hydrogens is 699 g/mol. The van der Waals surface area contributed by atoms with E-state index in [1.807, 2.05) is 0 Å². The molecule has 52 heavy (non-hydrogen) atoms. The predicted octanol–water partition coefficient (Wildman–Crippen LogP) is 2.76. The Bertz CT molecular complexity index is 1920. The minimum absolute atomic E-state index is 0.0481. The number of esters is 1. The summed E-state index contributed by atoms with van der Waals surface area (Å²) in [4.78, 5) is 45.2. The fourth-order valence-electron chi connectivity index (χ4n) is 5.04. The van der Waals surface area contributed by atoms with Crippen molar-refractivity contribution in [2.75, 3.05) is 46.7 Å². The van der Waals surface area contributed by atoms with Gasteiger partial charge in [0.05, 0.1) is 70.8 Å². The third kappa shape index (κ3) is 10.3. The second kappa shape index (κ2) is 18.6. The van der Waals surface area contributed by atoms with Crippen molar-refractivity contribution in [1.82, 2.24) is 30.6 Å². The van der Waals surface area contributed by atoms with E-state index in [0.717, 1.165) is 6.07 Å². The van der Waals surface area contributed by atoms with E-state index in [-0.39, 0.29) is 29.7 Å². The van der Waals surface area contributed by atoms with Crippen LogP contribution in [0.5, 0.6) is 0 Å². The molecule has 4 aromatic rings. The zero-order chi connectivity index (χ0) is 36.9. The van der Waals surface area contributed by atoms with E-state index < -0.39 is 23.7 Å². The lowest BCUT2D eigenvalue weighted by Gasteiger charge is -2.28. The van der Waals surface area contributed by atoms with Gasteiger partial charge < -0.3 is 35.3 Å². The number of aromatic nitrogens is 4. The second-order valence-corrected chi connectivity index (χ2v) is 11.6. The van der Waals surface area contributed by atoms with Gasteiger partial charge in [-0.1, -0.05) is 22.9 Å². The van der Waals surface area contributed by atoms with Crippen molar-refractivity contribution in [1.29, 1.82) is 0 Å². The van der Waals surface area contributed by atoms with Gasteiger partial charge in [0.1, 0.15) is 23.4 Å². The maximum absolute atomic E-state index is 13.9. The van der Waals surface area contributed by atoms with Crippen LogP contribution in [-0.2, 0) is 36.9 Å². The number of amidine groups is 1. The molecule has 0 saturated carbocycles. The standard InChI is InChI=1S/C35H36ClFN8O7/c1-49-35(48)30-29(41-33(23-8-10-39-11-9-23)42-31(30)27-7-6-25(37)18-28(27)36)21-52-20-26-19-45(44-43-26)13-15-51-17-16-50-14-12-40-34(47)24-4-2-22(3-5-24)32(38)46/h2-11,18-19,31H,12-17,20-21H2,1H3,(H2,38,46)(H,40,47)(H,41,42). The zero-order valence-corrected chi connectivity index (χ0v) is 28.8. The quantitative estimate of drug-likeness (QED) is 0.101. The summed E-state index contributed by atoms with van der Waals surface area (Å²) in [5, 5.41) is 14.3. The Kier molecular flexibility index (Phi) is 13.5. The van der Waals surface area contributed by atoms with Crippen molar-refractivity contribution in [3.8, 4) is 0 Å². The number of benzene rings is 2. The number of methoxy groups -OCH3 is 1. The van der Waals surface area contributed by atoms with Crippen molar-refractivity contribution in [2.45, 2.75) is 19.2 Å². The van der Waals surface area contributed by atoms with Gasteiger partial charge in [0.2, 0.25) is 5.91 Å². The number of ether oxygens (including phenoxy) is 4. The fraction of sp³-hybridized carbons (Fsp3) is 0.286. The molecule has 0 bridgehead atoms. The summed E-state index contributed by atoms with van der Waals surface area (Å²) in [6.45, 7) is 2.09. The molecule has 2 aromatic carbocycles. The molecule has 1 aliphatic rings. The molecule has 3 heterocycles. The number of aliphatic imine (C=N–C) groups is 1. The molecule has 15 nitrogen and oxygen atoms in total. The van der Waals surface area contributed by atoms with Crippen LogP contribution in [-0.4, -0.2) is 90.3 Å². The Balaban J connectivity index is 1.07. The lowest BCUT2D eigenvalue weighted by Crippen LogP contribution is -2.35. The third-order valence-electron chi connectivity index (χ3n) is 7.62. The monoisotopic (exact) mass is 734 g/mol. The average Bonchev–Trinajstić information content (AvgIpc) is 3.61. The van der Waals surface area contributed by atoms with Gasteiger partial charge in [0.25, 0.3) is 5.91 Å². The van der Waals surface area contributed by atoms with Crippen LogP contribution in [0.15, 0.2) is 89.5 Å². The molecule has 5 rings (SSSR count). The van der Waals surface area contributed by atoms with Gasteiger partial charge in [0, 0.05) is 46.2 Å². The van der Waals surface area contributed by atoms with Gasteiger partial charge in [0.15, 0.2) is 0 Å². The topological polar surface area (TPSA) is 194 Å². The van der Waals surface area contributed by atoms with Crippen LogP contribution in [0.2, 0.25) is 5.02 Å². The highest BCUT2D eigenvalue weighted by atomic mass is 35.5. The molecule has 0 aliphatic carbocycles. The maximum atomic E-state index is 13.9. The lowest BCUT2D eigenvalue weighted by atomic mass is 9.95. The highest BCUT2D eigenvalue weighted by Crippen LogP contribution is 2.36. The molecule has 17 heteroatoms. The van der Waals surface area contributed by atoms with E-state index in [9.17, 15) is 18.8 Å². The molecule has 0 fully saturated rings. The number of nitrogens with two attached hydrogens (primary N) is 1. The summed E-state index contributed by atoms with van der Waals surface area (Å²) in [5.41, 5.74) is 8.17. The molecule has 0 radical (unpaired) electrons. The summed E-state index contributed by atoms with van der Waals surface area (Å²) in [6.07, 6.45) is 4.94. The highest BCUT2D eigenvalue weighted by molar-refractivity contribution is 6.31. The Labute approximate surface area is 303 Å². The van der Waals surface area contributed by atoms with E-state index in [4.69, 9.17) is 41.3 Å². The van der Waals surface area contributed by atoms with E-state index >= 15 is 0 Å². The first-order chi connectivity index (χ1) is 25.2. The summed E-state index contributed by atoms with van der Waals surface area (Å²) in [6, 6.07) is 12.6. The first-order valence-electron chi connectivity index (χ1n) is 16.0. The van der Waals surface area contributed by atoms with E-state index in [1.165, 1.54) is 43.5 Å². The van der Waals surface area contributed by atoms with Gasteiger partial charge in [-0.15, -0.1) is 5.10 Å². The first kappa shape index (κ1) is 37.7. The number of carbonyl (C=O) groups excluding carboxylic acids is 3. The fourth-order valence-corrected chi connectivity index (χ4v) is 5.31. The van der Waals surface area contributed by atoms with Crippen molar-refractivity contribution in [3.63, 3.8) is 0 Å². The number of pyridine rings is 1. The Morgan fingerprint density at radius 1 is 0.962 bits per heavy atom. The number of carbonyl (C=O) groups is 3. The molecule has 0 saturated heterocycles. The van der Waals surface area contributed by atoms with Crippen molar-refractivity contribution >= 4 is 35.2 Å².